The Morgan fingerprint density at radius 2 is 1.78 bits per heavy atom. The molecule has 3 heterocycles. The van der Waals surface area contributed by atoms with Crippen molar-refractivity contribution >= 4 is 10.0 Å². The molecule has 0 saturated carbocycles. The van der Waals surface area contributed by atoms with Crippen LogP contribution in [0.1, 0.15) is 35.4 Å². The number of hydrogen-bond acceptors (Lipinski definition) is 5. The van der Waals surface area contributed by atoms with E-state index in [0.29, 0.717) is 19.7 Å². The molecule has 1 aromatic heterocycles. The van der Waals surface area contributed by atoms with E-state index in [1.165, 1.54) is 32.5 Å². The standard InChI is InChI=1S/C28H36N4O3S/c1-20-8-7-9-24(21(20)2)22-10-12-23(13-11-22)28-25-18-31(36(33,34)27-14-15-29-30(27)3)16-5-6-17-32(25)26(28)19-35-4/h7-15,25-26,28H,5-6,16-19H2,1-4H3/t25?,26-,28+/m1/s1. The molecule has 36 heavy (non-hydrogen) atoms. The first-order chi connectivity index (χ1) is 17.3. The van der Waals surface area contributed by atoms with Crippen molar-refractivity contribution in [3.8, 4) is 11.1 Å². The summed E-state index contributed by atoms with van der Waals surface area (Å²) in [4.78, 5) is 2.46. The van der Waals surface area contributed by atoms with E-state index in [0.717, 1.165) is 19.4 Å². The third-order valence-electron chi connectivity index (χ3n) is 8.07. The summed E-state index contributed by atoms with van der Waals surface area (Å²) in [5.74, 6) is 0.208. The second-order valence-corrected chi connectivity index (χ2v) is 12.0. The molecule has 3 aromatic rings. The van der Waals surface area contributed by atoms with Crippen molar-refractivity contribution in [2.24, 2.45) is 7.05 Å². The van der Waals surface area contributed by atoms with Gasteiger partial charge in [-0.05, 0) is 67.1 Å². The summed E-state index contributed by atoms with van der Waals surface area (Å²) in [6.07, 6.45) is 3.35. The predicted molar refractivity (Wildman–Crippen MR) is 141 cm³/mol. The fraction of sp³-hybridized carbons (Fsp3) is 0.464. The van der Waals surface area contributed by atoms with Gasteiger partial charge in [0.25, 0.3) is 10.0 Å². The van der Waals surface area contributed by atoms with Gasteiger partial charge in [-0.3, -0.25) is 9.58 Å². The Morgan fingerprint density at radius 3 is 2.47 bits per heavy atom. The molecule has 0 amide bonds. The average molecular weight is 509 g/mol. The second kappa shape index (κ2) is 10.1. The lowest BCUT2D eigenvalue weighted by atomic mass is 9.74. The smallest absolute Gasteiger partial charge is 0.260 e. The first-order valence-corrected chi connectivity index (χ1v) is 14.2. The predicted octanol–water partition coefficient (Wildman–Crippen LogP) is 3.97. The Morgan fingerprint density at radius 1 is 1.03 bits per heavy atom. The van der Waals surface area contributed by atoms with Gasteiger partial charge in [0.1, 0.15) is 0 Å². The molecule has 0 radical (unpaired) electrons. The van der Waals surface area contributed by atoms with E-state index in [2.05, 4.69) is 66.3 Å². The topological polar surface area (TPSA) is 67.7 Å². The van der Waals surface area contributed by atoms with Crippen LogP contribution in [0.25, 0.3) is 11.1 Å². The van der Waals surface area contributed by atoms with Crippen molar-refractivity contribution in [3.63, 3.8) is 0 Å². The zero-order chi connectivity index (χ0) is 25.4. The van der Waals surface area contributed by atoms with Gasteiger partial charge in [0.2, 0.25) is 0 Å². The Balaban J connectivity index is 1.45. The fourth-order valence-corrected chi connectivity index (χ4v) is 7.57. The van der Waals surface area contributed by atoms with Gasteiger partial charge in [-0.2, -0.15) is 9.40 Å². The first-order valence-electron chi connectivity index (χ1n) is 12.7. The Hall–Kier alpha value is -2.52. The molecule has 0 aliphatic carbocycles. The minimum atomic E-state index is -3.62. The summed E-state index contributed by atoms with van der Waals surface area (Å²) >= 11 is 0. The maximum atomic E-state index is 13.5. The lowest BCUT2D eigenvalue weighted by Gasteiger charge is -2.57. The summed E-state index contributed by atoms with van der Waals surface area (Å²) in [6, 6.07) is 17.2. The van der Waals surface area contributed by atoms with Gasteiger partial charge in [0, 0.05) is 45.2 Å². The minimum absolute atomic E-state index is 0.111. The molecule has 7 nitrogen and oxygen atoms in total. The van der Waals surface area contributed by atoms with Gasteiger partial charge in [-0.25, -0.2) is 8.42 Å². The molecule has 1 unspecified atom stereocenters. The number of aryl methyl sites for hydroxylation is 2. The van der Waals surface area contributed by atoms with Crippen LogP contribution in [0.3, 0.4) is 0 Å². The molecule has 192 valence electrons. The summed E-state index contributed by atoms with van der Waals surface area (Å²) in [7, 11) is -0.193. The van der Waals surface area contributed by atoms with E-state index in [4.69, 9.17) is 4.74 Å². The molecule has 0 spiro atoms. The molecule has 5 rings (SSSR count). The molecule has 2 aromatic carbocycles. The van der Waals surface area contributed by atoms with Crippen LogP contribution in [-0.2, 0) is 21.8 Å². The van der Waals surface area contributed by atoms with Crippen LogP contribution in [0.5, 0.6) is 0 Å². The van der Waals surface area contributed by atoms with E-state index < -0.39 is 10.0 Å². The van der Waals surface area contributed by atoms with Gasteiger partial charge in [0.05, 0.1) is 12.8 Å². The van der Waals surface area contributed by atoms with Gasteiger partial charge in [0.15, 0.2) is 5.03 Å². The van der Waals surface area contributed by atoms with Crippen LogP contribution in [0.2, 0.25) is 0 Å². The summed E-state index contributed by atoms with van der Waals surface area (Å²) in [5.41, 5.74) is 6.29. The van der Waals surface area contributed by atoms with Crippen molar-refractivity contribution in [1.29, 1.82) is 0 Å². The summed E-state index contributed by atoms with van der Waals surface area (Å²) < 4.78 is 35.8. The first kappa shape index (κ1) is 25.1. The van der Waals surface area contributed by atoms with E-state index >= 15 is 0 Å². The molecule has 0 bridgehead atoms. The van der Waals surface area contributed by atoms with Crippen LogP contribution >= 0.6 is 0 Å². The van der Waals surface area contributed by atoms with Gasteiger partial charge < -0.3 is 4.74 Å². The highest BCUT2D eigenvalue weighted by atomic mass is 32.2. The number of nitrogens with zero attached hydrogens (tertiary/aromatic N) is 4. The van der Waals surface area contributed by atoms with Gasteiger partial charge in [-0.1, -0.05) is 42.5 Å². The number of ether oxygens (including phenoxy) is 1. The van der Waals surface area contributed by atoms with Crippen LogP contribution in [0, 0.1) is 13.8 Å². The zero-order valence-corrected chi connectivity index (χ0v) is 22.4. The third kappa shape index (κ3) is 4.41. The van der Waals surface area contributed by atoms with E-state index in [9.17, 15) is 8.42 Å². The number of fused-ring (bicyclic) bond motifs is 1. The molecule has 2 aliphatic rings. The molecular weight excluding hydrogens is 472 g/mol. The van der Waals surface area contributed by atoms with Crippen molar-refractivity contribution in [1.82, 2.24) is 19.0 Å². The fourth-order valence-electron chi connectivity index (χ4n) is 5.97. The normalized spacial score (nSPS) is 23.5. The maximum Gasteiger partial charge on any atom is 0.260 e. The Bertz CT molecular complexity index is 1320. The second-order valence-electron chi connectivity index (χ2n) is 10.1. The number of rotatable bonds is 6. The number of methoxy groups -OCH3 is 1. The molecule has 2 saturated heterocycles. The molecule has 2 fully saturated rings. The monoisotopic (exact) mass is 508 g/mol. The third-order valence-corrected chi connectivity index (χ3v) is 10.0. The van der Waals surface area contributed by atoms with Crippen molar-refractivity contribution < 1.29 is 13.2 Å². The number of aromatic nitrogens is 2. The van der Waals surface area contributed by atoms with Gasteiger partial charge in [-0.15, -0.1) is 0 Å². The molecular formula is C28H36N4O3S. The lowest BCUT2D eigenvalue weighted by Crippen LogP contribution is -2.68. The minimum Gasteiger partial charge on any atom is -0.383 e. The van der Waals surface area contributed by atoms with Crippen molar-refractivity contribution in [2.45, 2.75) is 49.7 Å². The maximum absolute atomic E-state index is 13.5. The van der Waals surface area contributed by atoms with Crippen LogP contribution in [0.15, 0.2) is 59.8 Å². The number of sulfonamides is 1. The molecule has 2 aliphatic heterocycles. The highest BCUT2D eigenvalue weighted by molar-refractivity contribution is 7.89. The largest absolute Gasteiger partial charge is 0.383 e. The Kier molecular flexibility index (Phi) is 7.05. The zero-order valence-electron chi connectivity index (χ0n) is 21.6. The number of benzene rings is 2. The molecule has 8 heteroatoms. The van der Waals surface area contributed by atoms with Crippen LogP contribution in [-0.4, -0.2) is 72.8 Å². The number of hydrogen-bond donors (Lipinski definition) is 0. The van der Waals surface area contributed by atoms with E-state index in [1.54, 1.807) is 30.7 Å². The lowest BCUT2D eigenvalue weighted by molar-refractivity contribution is -0.0635. The van der Waals surface area contributed by atoms with E-state index in [-0.39, 0.29) is 23.0 Å². The highest BCUT2D eigenvalue weighted by Gasteiger charge is 2.50. The van der Waals surface area contributed by atoms with E-state index in [1.807, 2.05) is 0 Å². The van der Waals surface area contributed by atoms with Crippen molar-refractivity contribution in [2.75, 3.05) is 33.4 Å². The molecule has 3 atom stereocenters. The highest BCUT2D eigenvalue weighted by Crippen LogP contribution is 2.43. The average Bonchev–Trinajstić information content (AvgIpc) is 3.29. The quantitative estimate of drug-likeness (QED) is 0.504. The SMILES string of the molecule is COC[C@@H]1[C@@H](c2ccc(-c3cccc(C)c3C)cc2)C2CN(S(=O)(=O)c3ccnn3C)CCCCN21. The summed E-state index contributed by atoms with van der Waals surface area (Å²) in [5, 5.41) is 4.34. The molecule has 0 N–H and O–H groups in total. The summed E-state index contributed by atoms with van der Waals surface area (Å²) in [6.45, 7) is 6.92. The Labute approximate surface area is 214 Å². The van der Waals surface area contributed by atoms with Gasteiger partial charge >= 0.3 is 0 Å². The van der Waals surface area contributed by atoms with Crippen LogP contribution < -0.4 is 0 Å². The van der Waals surface area contributed by atoms with Crippen LogP contribution in [0.4, 0.5) is 0 Å². The van der Waals surface area contributed by atoms with Crippen molar-refractivity contribution in [3.05, 3.63) is 71.4 Å².